The van der Waals surface area contributed by atoms with Crippen molar-refractivity contribution in [3.05, 3.63) is 65.2 Å². The predicted molar refractivity (Wildman–Crippen MR) is 145 cm³/mol. The summed E-state index contributed by atoms with van der Waals surface area (Å²) in [5.74, 6) is 0.322. The molecule has 0 aliphatic carbocycles. The van der Waals surface area contributed by atoms with Crippen LogP contribution in [0.5, 0.6) is 5.75 Å². The van der Waals surface area contributed by atoms with E-state index < -0.39 is 0 Å². The van der Waals surface area contributed by atoms with Gasteiger partial charge < -0.3 is 5.11 Å². The topological polar surface area (TPSA) is 30.0 Å². The van der Waals surface area contributed by atoms with Gasteiger partial charge in [0, 0.05) is 19.6 Å². The van der Waals surface area contributed by atoms with Crippen LogP contribution < -0.4 is 0 Å². The third-order valence-electron chi connectivity index (χ3n) is 5.77. The first-order chi connectivity index (χ1) is 15.0. The Balaban J connectivity index is 0.00000102. The number of hydrogen-bond acceptors (Lipinski definition) is 4. The minimum Gasteiger partial charge on any atom is -0.508 e. The molecule has 0 aromatic heterocycles. The molecule has 2 rings (SSSR count). The number of rotatable bonds is 12. The molecule has 0 aliphatic heterocycles. The lowest BCUT2D eigenvalue weighted by Crippen LogP contribution is -2.25. The number of aromatic hydroxyl groups is 1. The van der Waals surface area contributed by atoms with E-state index in [1.54, 1.807) is 24.3 Å². The Morgan fingerprint density at radius 3 is 1.00 bits per heavy atom. The van der Waals surface area contributed by atoms with Crippen LogP contribution in [0.15, 0.2) is 48.5 Å². The minimum absolute atomic E-state index is 0. The fourth-order valence-corrected chi connectivity index (χ4v) is 3.66. The zero-order valence-corrected chi connectivity index (χ0v) is 22.3. The highest BCUT2D eigenvalue weighted by Gasteiger charge is 2.09. The molecule has 1 N–H and O–H groups in total. The molecule has 0 aliphatic rings. The van der Waals surface area contributed by atoms with Crippen LogP contribution in [0.2, 0.25) is 0 Å². The number of para-hydroxylation sites is 1. The zero-order chi connectivity index (χ0) is 23.1. The highest BCUT2D eigenvalue weighted by Crippen LogP contribution is 2.16. The summed E-state index contributed by atoms with van der Waals surface area (Å²) < 4.78 is 0. The Kier molecular flexibility index (Phi) is 17.1. The molecule has 2 aromatic rings. The standard InChI is InChI=1S/C21H39N3.C6H6O.H2S/c1-7-22(8-2)16-19-13-20(17-23(9-3)10-4)15-21(14-19)18-24(11-5)12-6;7-6-4-2-1-3-5-6;/h13-15H,7-12,16-18H2,1-6H3;1-5,7H;1H2. The summed E-state index contributed by atoms with van der Waals surface area (Å²) in [7, 11) is 0. The van der Waals surface area contributed by atoms with Crippen molar-refractivity contribution in [2.24, 2.45) is 0 Å². The van der Waals surface area contributed by atoms with Gasteiger partial charge in [0.1, 0.15) is 5.75 Å². The Hall–Kier alpha value is -1.53. The number of nitrogens with zero attached hydrogens (tertiary/aromatic N) is 3. The predicted octanol–water partition coefficient (Wildman–Crippen LogP) is 5.72. The largest absolute Gasteiger partial charge is 0.508 e. The Bertz CT molecular complexity index is 620. The summed E-state index contributed by atoms with van der Waals surface area (Å²) >= 11 is 0. The summed E-state index contributed by atoms with van der Waals surface area (Å²) in [5, 5.41) is 8.63. The highest BCUT2D eigenvalue weighted by atomic mass is 32.1. The van der Waals surface area contributed by atoms with E-state index in [1.165, 1.54) is 16.7 Å². The second-order valence-electron chi connectivity index (χ2n) is 7.88. The maximum absolute atomic E-state index is 8.63. The molecular formula is C27H47N3OS. The molecule has 0 radical (unpaired) electrons. The maximum atomic E-state index is 8.63. The quantitative estimate of drug-likeness (QED) is 0.438. The summed E-state index contributed by atoms with van der Waals surface area (Å²) in [4.78, 5) is 7.49. The van der Waals surface area contributed by atoms with E-state index in [0.29, 0.717) is 5.75 Å². The van der Waals surface area contributed by atoms with Crippen molar-refractivity contribution in [3.8, 4) is 5.75 Å². The fourth-order valence-electron chi connectivity index (χ4n) is 3.66. The van der Waals surface area contributed by atoms with Crippen LogP contribution >= 0.6 is 13.5 Å². The Labute approximate surface area is 204 Å². The molecule has 0 heterocycles. The Morgan fingerprint density at radius 1 is 0.531 bits per heavy atom. The van der Waals surface area contributed by atoms with Gasteiger partial charge in [0.2, 0.25) is 0 Å². The van der Waals surface area contributed by atoms with Crippen LogP contribution in [0.4, 0.5) is 0 Å². The number of phenolic OH excluding ortho intramolecular Hbond substituents is 1. The monoisotopic (exact) mass is 461 g/mol. The second-order valence-corrected chi connectivity index (χ2v) is 7.88. The van der Waals surface area contributed by atoms with Crippen LogP contribution in [0, 0.1) is 0 Å². The van der Waals surface area contributed by atoms with Gasteiger partial charge in [-0.25, -0.2) is 0 Å². The molecule has 0 amide bonds. The lowest BCUT2D eigenvalue weighted by atomic mass is 10.0. The third kappa shape index (κ3) is 11.9. The number of phenols is 1. The first-order valence-electron chi connectivity index (χ1n) is 12.0. The van der Waals surface area contributed by atoms with E-state index in [9.17, 15) is 0 Å². The normalized spacial score (nSPS) is 10.8. The lowest BCUT2D eigenvalue weighted by Gasteiger charge is -2.23. The van der Waals surface area contributed by atoms with Gasteiger partial charge in [-0.2, -0.15) is 13.5 Å². The lowest BCUT2D eigenvalue weighted by molar-refractivity contribution is 0.286. The second kappa shape index (κ2) is 18.0. The molecule has 0 atom stereocenters. The van der Waals surface area contributed by atoms with E-state index >= 15 is 0 Å². The first-order valence-corrected chi connectivity index (χ1v) is 12.0. The summed E-state index contributed by atoms with van der Waals surface area (Å²) in [6.45, 7) is 23.4. The van der Waals surface area contributed by atoms with Gasteiger partial charge in [0.05, 0.1) is 0 Å². The highest BCUT2D eigenvalue weighted by molar-refractivity contribution is 7.59. The zero-order valence-electron chi connectivity index (χ0n) is 21.3. The molecule has 0 saturated heterocycles. The SMILES string of the molecule is CCN(CC)Cc1cc(CN(CC)CC)cc(CN(CC)CC)c1.Oc1ccccc1.S. The smallest absolute Gasteiger partial charge is 0.115 e. The third-order valence-corrected chi connectivity index (χ3v) is 5.77. The molecule has 0 fully saturated rings. The molecule has 182 valence electrons. The van der Waals surface area contributed by atoms with Gasteiger partial charge in [0.25, 0.3) is 0 Å². The van der Waals surface area contributed by atoms with Gasteiger partial charge in [-0.3, -0.25) is 14.7 Å². The molecule has 4 nitrogen and oxygen atoms in total. The van der Waals surface area contributed by atoms with E-state index in [-0.39, 0.29) is 13.5 Å². The van der Waals surface area contributed by atoms with Gasteiger partial charge in [-0.15, -0.1) is 0 Å². The molecule has 5 heteroatoms. The average Bonchev–Trinajstić information content (AvgIpc) is 2.80. The van der Waals surface area contributed by atoms with Gasteiger partial charge >= 0.3 is 0 Å². The molecule has 0 bridgehead atoms. The van der Waals surface area contributed by atoms with Crippen molar-refractivity contribution >= 4 is 13.5 Å². The van der Waals surface area contributed by atoms with E-state index in [4.69, 9.17) is 5.11 Å². The summed E-state index contributed by atoms with van der Waals surface area (Å²) in [6, 6.07) is 16.0. The van der Waals surface area contributed by atoms with Gasteiger partial charge in [-0.1, -0.05) is 77.9 Å². The minimum atomic E-state index is 0. The molecular weight excluding hydrogens is 414 g/mol. The number of benzene rings is 2. The van der Waals surface area contributed by atoms with E-state index in [2.05, 4.69) is 74.4 Å². The van der Waals surface area contributed by atoms with Crippen LogP contribution in [0.1, 0.15) is 58.2 Å². The molecule has 0 unspecified atom stereocenters. The number of hydrogen-bond donors (Lipinski definition) is 1. The van der Waals surface area contributed by atoms with Crippen molar-refractivity contribution in [1.29, 1.82) is 0 Å². The average molecular weight is 462 g/mol. The van der Waals surface area contributed by atoms with Gasteiger partial charge in [-0.05, 0) is 68.1 Å². The first kappa shape index (κ1) is 30.5. The summed E-state index contributed by atoms with van der Waals surface area (Å²) in [5.41, 5.74) is 4.39. The maximum Gasteiger partial charge on any atom is 0.115 e. The van der Waals surface area contributed by atoms with Crippen molar-refractivity contribution in [2.45, 2.75) is 61.2 Å². The van der Waals surface area contributed by atoms with Crippen molar-refractivity contribution in [3.63, 3.8) is 0 Å². The van der Waals surface area contributed by atoms with Crippen molar-refractivity contribution < 1.29 is 5.11 Å². The van der Waals surface area contributed by atoms with Gasteiger partial charge in [0.15, 0.2) is 0 Å². The molecule has 0 saturated carbocycles. The van der Waals surface area contributed by atoms with E-state index in [1.807, 2.05) is 6.07 Å². The summed E-state index contributed by atoms with van der Waals surface area (Å²) in [6.07, 6.45) is 0. The Morgan fingerprint density at radius 2 is 0.812 bits per heavy atom. The van der Waals surface area contributed by atoms with E-state index in [0.717, 1.165) is 58.9 Å². The molecule has 2 aromatic carbocycles. The van der Waals surface area contributed by atoms with Crippen LogP contribution in [-0.2, 0) is 19.6 Å². The molecule has 32 heavy (non-hydrogen) atoms. The molecule has 0 spiro atoms. The fraction of sp³-hybridized carbons (Fsp3) is 0.556. The van der Waals surface area contributed by atoms with Crippen molar-refractivity contribution in [1.82, 2.24) is 14.7 Å². The van der Waals surface area contributed by atoms with Crippen LogP contribution in [-0.4, -0.2) is 59.1 Å². The van der Waals surface area contributed by atoms with Crippen LogP contribution in [0.25, 0.3) is 0 Å². The van der Waals surface area contributed by atoms with Crippen LogP contribution in [0.3, 0.4) is 0 Å². The van der Waals surface area contributed by atoms with Crippen molar-refractivity contribution in [2.75, 3.05) is 39.3 Å².